The van der Waals surface area contributed by atoms with E-state index in [0.717, 1.165) is 0 Å². The second kappa shape index (κ2) is 8.40. The topological polar surface area (TPSA) is 133 Å². The summed E-state index contributed by atoms with van der Waals surface area (Å²) in [5.41, 5.74) is 0.702. The Kier molecular flexibility index (Phi) is 6.55. The Balaban J connectivity index is 2.76. The third-order valence-corrected chi connectivity index (χ3v) is 2.86. The van der Waals surface area contributed by atoms with E-state index in [1.54, 1.807) is 30.3 Å². The number of carbonyl (C=O) groups is 4. The van der Waals surface area contributed by atoms with E-state index in [4.69, 9.17) is 10.2 Å². The van der Waals surface area contributed by atoms with Crippen LogP contribution in [0.4, 0.5) is 0 Å². The fraction of sp³-hybridized carbons (Fsp3) is 0.286. The van der Waals surface area contributed by atoms with Gasteiger partial charge in [-0.1, -0.05) is 30.3 Å². The molecule has 0 spiro atoms. The van der Waals surface area contributed by atoms with E-state index in [9.17, 15) is 19.2 Å². The average Bonchev–Trinajstić information content (AvgIpc) is 2.46. The van der Waals surface area contributed by atoms with Gasteiger partial charge in [-0.15, -0.1) is 0 Å². The van der Waals surface area contributed by atoms with Crippen molar-refractivity contribution < 1.29 is 29.4 Å². The molecular weight excluding hydrogens is 292 g/mol. The van der Waals surface area contributed by atoms with Gasteiger partial charge in [-0.05, 0) is 5.56 Å². The average molecular weight is 308 g/mol. The molecule has 2 atom stereocenters. The van der Waals surface area contributed by atoms with E-state index >= 15 is 0 Å². The highest BCUT2D eigenvalue weighted by molar-refractivity contribution is 5.90. The maximum Gasteiger partial charge on any atom is 0.326 e. The van der Waals surface area contributed by atoms with Crippen molar-refractivity contribution in [3.05, 3.63) is 35.9 Å². The largest absolute Gasteiger partial charge is 0.481 e. The van der Waals surface area contributed by atoms with Crippen LogP contribution in [0.5, 0.6) is 0 Å². The Bertz CT molecular complexity index is 546. The van der Waals surface area contributed by atoms with Crippen LogP contribution >= 0.6 is 0 Å². The monoisotopic (exact) mass is 308 g/mol. The lowest BCUT2D eigenvalue weighted by atomic mass is 10.1. The highest BCUT2D eigenvalue weighted by Crippen LogP contribution is 2.04. The molecule has 0 bridgehead atoms. The number of carboxylic acid groups (broad SMARTS) is 2. The Morgan fingerprint density at radius 2 is 1.73 bits per heavy atom. The first-order valence-electron chi connectivity index (χ1n) is 6.42. The summed E-state index contributed by atoms with van der Waals surface area (Å²) >= 11 is 0. The van der Waals surface area contributed by atoms with Crippen LogP contribution in [0.25, 0.3) is 0 Å². The van der Waals surface area contributed by atoms with Gasteiger partial charge in [0.2, 0.25) is 12.3 Å². The molecule has 0 aliphatic heterocycles. The standard InChI is InChI=1S/C14H16N2O6/c17-8-15-10(7-12(18)19)13(20)16-11(14(21)22)6-9-4-2-1-3-5-9/h1-5,8,10-11H,6-7H2,(H,15,17)(H,16,20)(H,18,19)(H,21,22). The molecule has 1 aromatic rings. The van der Waals surface area contributed by atoms with E-state index in [1.165, 1.54) is 0 Å². The summed E-state index contributed by atoms with van der Waals surface area (Å²) in [6.45, 7) is 0. The van der Waals surface area contributed by atoms with Crippen molar-refractivity contribution >= 4 is 24.3 Å². The third-order valence-electron chi connectivity index (χ3n) is 2.86. The van der Waals surface area contributed by atoms with Gasteiger partial charge in [0.15, 0.2) is 0 Å². The second-order valence-electron chi connectivity index (χ2n) is 4.52. The van der Waals surface area contributed by atoms with Crippen LogP contribution in [-0.2, 0) is 25.6 Å². The van der Waals surface area contributed by atoms with Gasteiger partial charge in [-0.25, -0.2) is 4.79 Å². The summed E-state index contributed by atoms with van der Waals surface area (Å²) in [4.78, 5) is 44.2. The van der Waals surface area contributed by atoms with Crippen LogP contribution in [0.15, 0.2) is 30.3 Å². The minimum absolute atomic E-state index is 0.0444. The first kappa shape index (κ1) is 17.2. The number of carbonyl (C=O) groups excluding carboxylic acids is 2. The maximum atomic E-state index is 11.9. The Labute approximate surface area is 126 Å². The minimum Gasteiger partial charge on any atom is -0.481 e. The lowest BCUT2D eigenvalue weighted by molar-refractivity contribution is -0.143. The zero-order valence-electron chi connectivity index (χ0n) is 11.6. The van der Waals surface area contributed by atoms with Crippen molar-refractivity contribution in [1.29, 1.82) is 0 Å². The number of nitrogens with one attached hydrogen (secondary N) is 2. The summed E-state index contributed by atoms with van der Waals surface area (Å²) < 4.78 is 0. The van der Waals surface area contributed by atoms with Crippen LogP contribution in [0, 0.1) is 0 Å². The molecule has 8 nitrogen and oxygen atoms in total. The molecule has 0 aromatic heterocycles. The van der Waals surface area contributed by atoms with E-state index < -0.39 is 36.4 Å². The van der Waals surface area contributed by atoms with Gasteiger partial charge in [-0.2, -0.15) is 0 Å². The molecule has 0 fully saturated rings. The zero-order chi connectivity index (χ0) is 16.5. The van der Waals surface area contributed by atoms with Crippen molar-refractivity contribution in [1.82, 2.24) is 10.6 Å². The number of aliphatic carboxylic acids is 2. The van der Waals surface area contributed by atoms with Crippen molar-refractivity contribution in [2.75, 3.05) is 0 Å². The second-order valence-corrected chi connectivity index (χ2v) is 4.52. The molecular formula is C14H16N2O6. The molecule has 1 aromatic carbocycles. The summed E-state index contributed by atoms with van der Waals surface area (Å²) in [7, 11) is 0. The number of benzene rings is 1. The van der Waals surface area contributed by atoms with Crippen molar-refractivity contribution in [3.63, 3.8) is 0 Å². The molecule has 2 unspecified atom stereocenters. The summed E-state index contributed by atoms with van der Waals surface area (Å²) in [6.07, 6.45) is -0.398. The first-order chi connectivity index (χ1) is 10.4. The van der Waals surface area contributed by atoms with Crippen molar-refractivity contribution in [2.24, 2.45) is 0 Å². The molecule has 0 heterocycles. The Morgan fingerprint density at radius 1 is 1.09 bits per heavy atom. The van der Waals surface area contributed by atoms with Crippen LogP contribution < -0.4 is 10.6 Å². The highest BCUT2D eigenvalue weighted by Gasteiger charge is 2.26. The lowest BCUT2D eigenvalue weighted by Crippen LogP contribution is -2.51. The van der Waals surface area contributed by atoms with Crippen LogP contribution in [0.3, 0.4) is 0 Å². The van der Waals surface area contributed by atoms with Crippen LogP contribution in [-0.4, -0.2) is 46.6 Å². The number of hydrogen-bond acceptors (Lipinski definition) is 4. The van der Waals surface area contributed by atoms with Crippen LogP contribution in [0.1, 0.15) is 12.0 Å². The number of amides is 2. The molecule has 22 heavy (non-hydrogen) atoms. The van der Waals surface area contributed by atoms with E-state index in [1.807, 2.05) is 0 Å². The summed E-state index contributed by atoms with van der Waals surface area (Å²) in [5, 5.41) is 22.1. The molecule has 1 rings (SSSR count). The Hall–Kier alpha value is -2.90. The molecule has 2 amide bonds. The quantitative estimate of drug-likeness (QED) is 0.450. The smallest absolute Gasteiger partial charge is 0.326 e. The summed E-state index contributed by atoms with van der Waals surface area (Å²) in [6, 6.07) is 6.11. The van der Waals surface area contributed by atoms with Gasteiger partial charge in [0.25, 0.3) is 0 Å². The number of carboxylic acids is 2. The van der Waals surface area contributed by atoms with Crippen LogP contribution in [0.2, 0.25) is 0 Å². The minimum atomic E-state index is -1.33. The zero-order valence-corrected chi connectivity index (χ0v) is 11.6. The van der Waals surface area contributed by atoms with Gasteiger partial charge in [0.1, 0.15) is 12.1 Å². The molecule has 0 saturated heterocycles. The third kappa shape index (κ3) is 5.61. The molecule has 0 radical (unpaired) electrons. The van der Waals surface area contributed by atoms with Gasteiger partial charge in [-0.3, -0.25) is 14.4 Å². The molecule has 0 aliphatic carbocycles. The van der Waals surface area contributed by atoms with Gasteiger partial charge in [0, 0.05) is 6.42 Å². The van der Waals surface area contributed by atoms with Crippen molar-refractivity contribution in [3.8, 4) is 0 Å². The first-order valence-corrected chi connectivity index (χ1v) is 6.42. The molecule has 118 valence electrons. The van der Waals surface area contributed by atoms with Gasteiger partial charge < -0.3 is 20.8 Å². The van der Waals surface area contributed by atoms with E-state index in [2.05, 4.69) is 10.6 Å². The molecule has 0 aliphatic rings. The summed E-state index contributed by atoms with van der Waals surface area (Å²) in [5.74, 6) is -3.40. The fourth-order valence-corrected chi connectivity index (χ4v) is 1.81. The lowest BCUT2D eigenvalue weighted by Gasteiger charge is -2.19. The predicted molar refractivity (Wildman–Crippen MR) is 75.0 cm³/mol. The van der Waals surface area contributed by atoms with Gasteiger partial charge >= 0.3 is 11.9 Å². The predicted octanol–water partition coefficient (Wildman–Crippen LogP) is -0.612. The fourth-order valence-electron chi connectivity index (χ4n) is 1.81. The molecule has 0 saturated carbocycles. The number of hydrogen-bond donors (Lipinski definition) is 4. The SMILES string of the molecule is O=CNC(CC(=O)O)C(=O)NC(Cc1ccccc1)C(=O)O. The van der Waals surface area contributed by atoms with Crippen molar-refractivity contribution in [2.45, 2.75) is 24.9 Å². The van der Waals surface area contributed by atoms with E-state index in [0.29, 0.717) is 5.56 Å². The Morgan fingerprint density at radius 3 is 2.23 bits per heavy atom. The van der Waals surface area contributed by atoms with Gasteiger partial charge in [0.05, 0.1) is 6.42 Å². The molecule has 8 heteroatoms. The van der Waals surface area contributed by atoms with E-state index in [-0.39, 0.29) is 12.8 Å². The number of rotatable bonds is 9. The molecule has 4 N–H and O–H groups in total. The maximum absolute atomic E-state index is 11.9. The normalized spacial score (nSPS) is 12.7. The highest BCUT2D eigenvalue weighted by atomic mass is 16.4.